The highest BCUT2D eigenvalue weighted by Gasteiger charge is 2.33. The second kappa shape index (κ2) is 7.99. The zero-order valence-electron chi connectivity index (χ0n) is 18.2. The van der Waals surface area contributed by atoms with Crippen molar-refractivity contribution in [3.05, 3.63) is 35.7 Å². The summed E-state index contributed by atoms with van der Waals surface area (Å²) in [5.41, 5.74) is 3.07. The molecule has 1 aromatic heterocycles. The maximum atomic E-state index is 13.3. The third-order valence-electron chi connectivity index (χ3n) is 5.55. The molecule has 2 amide bonds. The second-order valence-electron chi connectivity index (χ2n) is 8.66. The van der Waals surface area contributed by atoms with E-state index in [-0.39, 0.29) is 17.4 Å². The van der Waals surface area contributed by atoms with Gasteiger partial charge in [0.1, 0.15) is 5.69 Å². The monoisotopic (exact) mass is 397 g/mol. The molecular formula is C22H31N5O2. The largest absolute Gasteiger partial charge is 0.319 e. The fourth-order valence-electron chi connectivity index (χ4n) is 3.58. The fourth-order valence-corrected chi connectivity index (χ4v) is 3.58. The number of carbonyl (C=O) groups excluding carboxylic acids is 2. The standard InChI is InChI=1S/C22H31N5O2/c1-15-19-20(26(6)24-15)21(29)23-16-11-7-8-12-17(16)27(19)18(28)13-9-10-14-25(5)22(2,3)4/h7-8,11-12H,9-10,13-14H2,1-6H3,(H,23,29). The molecule has 156 valence electrons. The van der Waals surface area contributed by atoms with Crippen molar-refractivity contribution in [1.82, 2.24) is 14.7 Å². The van der Waals surface area contributed by atoms with Crippen LogP contribution in [0.2, 0.25) is 0 Å². The molecule has 2 aromatic rings. The SMILES string of the molecule is Cc1nn(C)c2c1N(C(=O)CCCCN(C)C(C)(C)C)c1ccccc1NC2=O. The van der Waals surface area contributed by atoms with E-state index >= 15 is 0 Å². The topological polar surface area (TPSA) is 70.5 Å². The molecule has 0 bridgehead atoms. The summed E-state index contributed by atoms with van der Waals surface area (Å²) in [6.45, 7) is 9.32. The van der Waals surface area contributed by atoms with Crippen LogP contribution >= 0.6 is 0 Å². The molecule has 29 heavy (non-hydrogen) atoms. The molecule has 0 atom stereocenters. The summed E-state index contributed by atoms with van der Waals surface area (Å²) in [5.74, 6) is -0.276. The van der Waals surface area contributed by atoms with Crippen LogP contribution in [0.3, 0.4) is 0 Å². The Morgan fingerprint density at radius 1 is 1.21 bits per heavy atom. The van der Waals surface area contributed by atoms with E-state index in [0.717, 1.165) is 19.4 Å². The van der Waals surface area contributed by atoms with E-state index in [1.54, 1.807) is 16.6 Å². The van der Waals surface area contributed by atoms with Crippen LogP contribution in [0.4, 0.5) is 17.1 Å². The Balaban J connectivity index is 1.85. The molecule has 0 saturated carbocycles. The number of nitrogens with zero attached hydrogens (tertiary/aromatic N) is 4. The minimum absolute atomic E-state index is 0.0234. The van der Waals surface area contributed by atoms with Gasteiger partial charge in [-0.15, -0.1) is 0 Å². The molecule has 0 radical (unpaired) electrons. The lowest BCUT2D eigenvalue weighted by Gasteiger charge is -2.31. The number of benzene rings is 1. The highest BCUT2D eigenvalue weighted by molar-refractivity contribution is 6.17. The van der Waals surface area contributed by atoms with Gasteiger partial charge < -0.3 is 10.2 Å². The number of para-hydroxylation sites is 2. The van der Waals surface area contributed by atoms with Gasteiger partial charge in [-0.25, -0.2) is 0 Å². The summed E-state index contributed by atoms with van der Waals surface area (Å²) in [5, 5.41) is 7.31. The number of unbranched alkanes of at least 4 members (excludes halogenated alkanes) is 1. The molecule has 3 rings (SSSR count). The van der Waals surface area contributed by atoms with Gasteiger partial charge in [0.25, 0.3) is 5.91 Å². The Hall–Kier alpha value is -2.67. The third-order valence-corrected chi connectivity index (χ3v) is 5.55. The molecule has 1 aliphatic rings. The molecule has 1 N–H and O–H groups in total. The van der Waals surface area contributed by atoms with Crippen LogP contribution in [0.25, 0.3) is 0 Å². The van der Waals surface area contributed by atoms with Gasteiger partial charge in [-0.1, -0.05) is 12.1 Å². The normalized spacial score (nSPS) is 13.8. The van der Waals surface area contributed by atoms with Crippen molar-refractivity contribution in [2.45, 2.75) is 52.5 Å². The zero-order chi connectivity index (χ0) is 21.3. The van der Waals surface area contributed by atoms with Crippen LogP contribution in [-0.4, -0.2) is 45.6 Å². The number of anilines is 3. The third kappa shape index (κ3) is 4.19. The van der Waals surface area contributed by atoms with Crippen molar-refractivity contribution in [3.63, 3.8) is 0 Å². The minimum Gasteiger partial charge on any atom is -0.319 e. The van der Waals surface area contributed by atoms with Crippen LogP contribution < -0.4 is 10.2 Å². The van der Waals surface area contributed by atoms with Crippen LogP contribution in [0, 0.1) is 6.92 Å². The van der Waals surface area contributed by atoms with E-state index in [1.807, 2.05) is 31.2 Å². The van der Waals surface area contributed by atoms with E-state index in [9.17, 15) is 9.59 Å². The average Bonchev–Trinajstić information content (AvgIpc) is 2.85. The van der Waals surface area contributed by atoms with Gasteiger partial charge in [0.05, 0.1) is 17.1 Å². The number of rotatable bonds is 5. The number of carbonyl (C=O) groups is 2. The van der Waals surface area contributed by atoms with Gasteiger partial charge >= 0.3 is 0 Å². The van der Waals surface area contributed by atoms with E-state index in [0.29, 0.717) is 34.9 Å². The Bertz CT molecular complexity index is 926. The molecule has 1 aliphatic heterocycles. The maximum absolute atomic E-state index is 13.3. The smallest absolute Gasteiger partial charge is 0.276 e. The fraction of sp³-hybridized carbons (Fsp3) is 0.500. The minimum atomic E-state index is -0.252. The molecule has 0 saturated heterocycles. The molecule has 7 nitrogen and oxygen atoms in total. The summed E-state index contributed by atoms with van der Waals surface area (Å²) in [6, 6.07) is 7.41. The highest BCUT2D eigenvalue weighted by atomic mass is 16.2. The molecule has 0 fully saturated rings. The van der Waals surface area contributed by atoms with Crippen molar-refractivity contribution in [2.75, 3.05) is 23.8 Å². The van der Waals surface area contributed by atoms with E-state index in [2.05, 4.69) is 43.1 Å². The summed E-state index contributed by atoms with van der Waals surface area (Å²) in [7, 11) is 3.84. The number of aromatic nitrogens is 2. The van der Waals surface area contributed by atoms with Gasteiger partial charge in [-0.05, 0) is 66.3 Å². The number of amides is 2. The molecule has 0 spiro atoms. The van der Waals surface area contributed by atoms with Crippen molar-refractivity contribution in [3.8, 4) is 0 Å². The molecule has 0 aliphatic carbocycles. The molecule has 7 heteroatoms. The Labute approximate surface area is 172 Å². The predicted octanol–water partition coefficient (Wildman–Crippen LogP) is 3.86. The maximum Gasteiger partial charge on any atom is 0.276 e. The summed E-state index contributed by atoms with van der Waals surface area (Å²) in [4.78, 5) is 30.1. The first kappa shape index (κ1) is 21.0. The van der Waals surface area contributed by atoms with Gasteiger partial charge in [-0.2, -0.15) is 5.10 Å². The molecule has 1 aromatic carbocycles. The zero-order valence-corrected chi connectivity index (χ0v) is 18.2. The lowest BCUT2D eigenvalue weighted by Crippen LogP contribution is -2.38. The van der Waals surface area contributed by atoms with Crippen molar-refractivity contribution >= 4 is 28.9 Å². The van der Waals surface area contributed by atoms with Gasteiger partial charge in [0.15, 0.2) is 5.69 Å². The summed E-state index contributed by atoms with van der Waals surface area (Å²) in [6.07, 6.45) is 2.13. The second-order valence-corrected chi connectivity index (χ2v) is 8.66. The van der Waals surface area contributed by atoms with Crippen LogP contribution in [0.1, 0.15) is 56.2 Å². The number of aryl methyl sites for hydroxylation is 2. The van der Waals surface area contributed by atoms with Crippen LogP contribution in [0.15, 0.2) is 24.3 Å². The number of nitrogens with one attached hydrogen (secondary N) is 1. The number of hydrogen-bond donors (Lipinski definition) is 1. The van der Waals surface area contributed by atoms with E-state index in [4.69, 9.17) is 0 Å². The van der Waals surface area contributed by atoms with E-state index in [1.165, 1.54) is 0 Å². The van der Waals surface area contributed by atoms with Crippen molar-refractivity contribution in [2.24, 2.45) is 7.05 Å². The first-order chi connectivity index (χ1) is 13.6. The predicted molar refractivity (Wildman–Crippen MR) is 116 cm³/mol. The van der Waals surface area contributed by atoms with Crippen molar-refractivity contribution in [1.29, 1.82) is 0 Å². The first-order valence-corrected chi connectivity index (χ1v) is 10.1. The van der Waals surface area contributed by atoms with E-state index < -0.39 is 0 Å². The lowest BCUT2D eigenvalue weighted by atomic mass is 10.1. The Kier molecular flexibility index (Phi) is 5.80. The first-order valence-electron chi connectivity index (χ1n) is 10.1. The Morgan fingerprint density at radius 2 is 1.90 bits per heavy atom. The Morgan fingerprint density at radius 3 is 2.59 bits per heavy atom. The van der Waals surface area contributed by atoms with Crippen molar-refractivity contribution < 1.29 is 9.59 Å². The number of fused-ring (bicyclic) bond motifs is 2. The molecule has 2 heterocycles. The van der Waals surface area contributed by atoms with Crippen LogP contribution in [-0.2, 0) is 11.8 Å². The average molecular weight is 398 g/mol. The highest BCUT2D eigenvalue weighted by Crippen LogP contribution is 2.39. The molecule has 0 unspecified atom stereocenters. The number of hydrogen-bond acceptors (Lipinski definition) is 4. The van der Waals surface area contributed by atoms with Crippen LogP contribution in [0.5, 0.6) is 0 Å². The quantitative estimate of drug-likeness (QED) is 0.778. The van der Waals surface area contributed by atoms with Gasteiger partial charge in [0, 0.05) is 19.0 Å². The molecular weight excluding hydrogens is 366 g/mol. The summed E-state index contributed by atoms with van der Waals surface area (Å²) < 4.78 is 1.55. The lowest BCUT2D eigenvalue weighted by molar-refractivity contribution is -0.118. The summed E-state index contributed by atoms with van der Waals surface area (Å²) >= 11 is 0. The van der Waals surface area contributed by atoms with Gasteiger partial charge in [-0.3, -0.25) is 19.2 Å². The van der Waals surface area contributed by atoms with Gasteiger partial charge in [0.2, 0.25) is 5.91 Å².